The molecule has 1 aromatic carbocycles. The van der Waals surface area contributed by atoms with Crippen LogP contribution in [0.4, 0.5) is 5.69 Å². The molecule has 0 aromatic heterocycles. The lowest BCUT2D eigenvalue weighted by atomic mass is 9.70. The molecule has 2 nitrogen and oxygen atoms in total. The number of benzene rings is 1. The van der Waals surface area contributed by atoms with Gasteiger partial charge in [-0.1, -0.05) is 50.8 Å². The lowest BCUT2D eigenvalue weighted by molar-refractivity contribution is -0.124. The molecule has 0 atom stereocenters. The zero-order valence-corrected chi connectivity index (χ0v) is 14.0. The molecule has 3 rings (SSSR count). The summed E-state index contributed by atoms with van der Waals surface area (Å²) < 4.78 is 0. The van der Waals surface area contributed by atoms with Crippen LogP contribution in [0.3, 0.4) is 0 Å². The van der Waals surface area contributed by atoms with Gasteiger partial charge >= 0.3 is 0 Å². The van der Waals surface area contributed by atoms with Gasteiger partial charge < -0.3 is 4.90 Å². The summed E-state index contributed by atoms with van der Waals surface area (Å²) in [5.41, 5.74) is 4.44. The first-order chi connectivity index (χ1) is 10.6. The number of anilines is 1. The van der Waals surface area contributed by atoms with Crippen molar-refractivity contribution in [3.63, 3.8) is 0 Å². The van der Waals surface area contributed by atoms with Crippen LogP contribution in [0, 0.1) is 0 Å². The minimum atomic E-state index is -0.243. The van der Waals surface area contributed by atoms with E-state index in [1.54, 1.807) is 0 Å². The molecule has 1 fully saturated rings. The van der Waals surface area contributed by atoms with Crippen LogP contribution in [0.25, 0.3) is 5.57 Å². The standard InChI is InChI=1S/C20H27NO/c1-4-5-13-21-18-10-9-16(15(2)3)14-17(18)20(19(21)22)11-7-6-8-12-20/h9-10,14H,2,4-8,11-13H2,1,3H3. The highest BCUT2D eigenvalue weighted by Crippen LogP contribution is 2.50. The Morgan fingerprint density at radius 3 is 2.64 bits per heavy atom. The molecule has 118 valence electrons. The largest absolute Gasteiger partial charge is 0.311 e. The molecule has 2 aliphatic rings. The quantitative estimate of drug-likeness (QED) is 0.760. The van der Waals surface area contributed by atoms with Crippen LogP contribution in [0.5, 0.6) is 0 Å². The average molecular weight is 297 g/mol. The normalized spacial score (nSPS) is 19.5. The Morgan fingerprint density at radius 1 is 1.27 bits per heavy atom. The summed E-state index contributed by atoms with van der Waals surface area (Å²) in [5.74, 6) is 0.356. The van der Waals surface area contributed by atoms with Crippen LogP contribution in [0.15, 0.2) is 24.8 Å². The number of carbonyl (C=O) groups is 1. The van der Waals surface area contributed by atoms with Crippen molar-refractivity contribution in [3.05, 3.63) is 35.9 Å². The van der Waals surface area contributed by atoms with Crippen molar-refractivity contribution < 1.29 is 4.79 Å². The number of allylic oxidation sites excluding steroid dienone is 1. The van der Waals surface area contributed by atoms with Crippen LogP contribution in [0.1, 0.15) is 69.9 Å². The van der Waals surface area contributed by atoms with Gasteiger partial charge in [0.25, 0.3) is 0 Å². The first-order valence-electron chi connectivity index (χ1n) is 8.72. The first-order valence-corrected chi connectivity index (χ1v) is 8.72. The molecule has 1 aromatic rings. The maximum absolute atomic E-state index is 13.2. The van der Waals surface area contributed by atoms with Gasteiger partial charge in [-0.15, -0.1) is 0 Å². The Morgan fingerprint density at radius 2 is 2.00 bits per heavy atom. The lowest BCUT2D eigenvalue weighted by Crippen LogP contribution is -2.42. The minimum absolute atomic E-state index is 0.243. The molecule has 1 spiro atoms. The highest BCUT2D eigenvalue weighted by molar-refractivity contribution is 6.08. The van der Waals surface area contributed by atoms with Gasteiger partial charge in [-0.2, -0.15) is 0 Å². The van der Waals surface area contributed by atoms with Gasteiger partial charge in [-0.25, -0.2) is 0 Å². The van der Waals surface area contributed by atoms with Crippen molar-refractivity contribution in [3.8, 4) is 0 Å². The van der Waals surface area contributed by atoms with E-state index >= 15 is 0 Å². The van der Waals surface area contributed by atoms with Gasteiger partial charge in [0.1, 0.15) is 0 Å². The van der Waals surface area contributed by atoms with Gasteiger partial charge in [-0.05, 0) is 49.4 Å². The Balaban J connectivity index is 2.08. The van der Waals surface area contributed by atoms with Crippen molar-refractivity contribution in [2.75, 3.05) is 11.4 Å². The van der Waals surface area contributed by atoms with Gasteiger partial charge in [-0.3, -0.25) is 4.79 Å². The van der Waals surface area contributed by atoms with Crippen molar-refractivity contribution in [2.45, 2.75) is 64.2 Å². The minimum Gasteiger partial charge on any atom is -0.311 e. The maximum atomic E-state index is 13.2. The molecule has 1 aliphatic heterocycles. The molecular formula is C20H27NO. The molecule has 1 amide bonds. The van der Waals surface area contributed by atoms with Gasteiger partial charge in [0.2, 0.25) is 5.91 Å². The third-order valence-electron chi connectivity index (χ3n) is 5.39. The molecule has 0 N–H and O–H groups in total. The number of fused-ring (bicyclic) bond motifs is 2. The molecule has 1 saturated carbocycles. The SMILES string of the molecule is C=C(C)c1ccc2c(c1)C1(CCCCC1)C(=O)N2CCCC. The fraction of sp³-hybridized carbons (Fsp3) is 0.550. The van der Waals surface area contributed by atoms with Crippen molar-refractivity contribution in [1.29, 1.82) is 0 Å². The molecule has 0 radical (unpaired) electrons. The van der Waals surface area contributed by atoms with Crippen LogP contribution < -0.4 is 4.90 Å². The predicted molar refractivity (Wildman–Crippen MR) is 93.2 cm³/mol. The van der Waals surface area contributed by atoms with Crippen molar-refractivity contribution in [2.24, 2.45) is 0 Å². The van der Waals surface area contributed by atoms with E-state index in [2.05, 4.69) is 36.6 Å². The molecule has 1 aliphatic carbocycles. The number of hydrogen-bond donors (Lipinski definition) is 0. The van der Waals surface area contributed by atoms with Crippen LogP contribution in [0.2, 0.25) is 0 Å². The van der Waals surface area contributed by atoms with E-state index in [9.17, 15) is 4.79 Å². The zero-order valence-electron chi connectivity index (χ0n) is 14.0. The smallest absolute Gasteiger partial charge is 0.237 e. The second-order valence-electron chi connectivity index (χ2n) is 6.97. The highest BCUT2D eigenvalue weighted by atomic mass is 16.2. The van der Waals surface area contributed by atoms with Gasteiger partial charge in [0.05, 0.1) is 5.41 Å². The zero-order chi connectivity index (χ0) is 15.7. The monoisotopic (exact) mass is 297 g/mol. The fourth-order valence-corrected chi connectivity index (χ4v) is 4.08. The second-order valence-corrected chi connectivity index (χ2v) is 6.97. The molecule has 0 saturated heterocycles. The summed E-state index contributed by atoms with van der Waals surface area (Å²) in [5, 5.41) is 0. The molecule has 22 heavy (non-hydrogen) atoms. The number of nitrogens with zero attached hydrogens (tertiary/aromatic N) is 1. The Labute approximate surface area is 134 Å². The summed E-state index contributed by atoms with van der Waals surface area (Å²) in [7, 11) is 0. The van der Waals surface area contributed by atoms with E-state index < -0.39 is 0 Å². The van der Waals surface area contributed by atoms with E-state index in [0.717, 1.165) is 43.5 Å². The second kappa shape index (κ2) is 5.91. The molecule has 1 heterocycles. The topological polar surface area (TPSA) is 20.3 Å². The summed E-state index contributed by atoms with van der Waals surface area (Å²) in [4.78, 5) is 15.3. The third kappa shape index (κ3) is 2.29. The van der Waals surface area contributed by atoms with Gasteiger partial charge in [0, 0.05) is 12.2 Å². The van der Waals surface area contributed by atoms with E-state index in [0.29, 0.717) is 5.91 Å². The van der Waals surface area contributed by atoms with Crippen LogP contribution >= 0.6 is 0 Å². The van der Waals surface area contributed by atoms with E-state index in [1.165, 1.54) is 30.4 Å². The number of hydrogen-bond acceptors (Lipinski definition) is 1. The van der Waals surface area contributed by atoms with Crippen LogP contribution in [-0.2, 0) is 10.2 Å². The van der Waals surface area contributed by atoms with Crippen molar-refractivity contribution in [1.82, 2.24) is 0 Å². The lowest BCUT2D eigenvalue weighted by Gasteiger charge is -2.32. The Kier molecular flexibility index (Phi) is 4.12. The summed E-state index contributed by atoms with van der Waals surface area (Å²) >= 11 is 0. The number of rotatable bonds is 4. The Bertz CT molecular complexity index is 596. The summed E-state index contributed by atoms with van der Waals surface area (Å²) in [6.45, 7) is 9.16. The van der Waals surface area contributed by atoms with E-state index in [4.69, 9.17) is 0 Å². The molecule has 0 unspecified atom stereocenters. The van der Waals surface area contributed by atoms with E-state index in [-0.39, 0.29) is 5.41 Å². The highest BCUT2D eigenvalue weighted by Gasteiger charge is 2.50. The third-order valence-corrected chi connectivity index (χ3v) is 5.39. The molecule has 2 heteroatoms. The fourth-order valence-electron chi connectivity index (χ4n) is 4.08. The number of amides is 1. The van der Waals surface area contributed by atoms with E-state index in [1.807, 2.05) is 6.92 Å². The predicted octanol–water partition coefficient (Wildman–Crippen LogP) is 5.07. The number of unbranched alkanes of at least 4 members (excludes halogenated alkanes) is 1. The molecule has 0 bridgehead atoms. The maximum Gasteiger partial charge on any atom is 0.237 e. The number of carbonyl (C=O) groups excluding carboxylic acids is 1. The van der Waals surface area contributed by atoms with Gasteiger partial charge in [0.15, 0.2) is 0 Å². The summed E-state index contributed by atoms with van der Waals surface area (Å²) in [6, 6.07) is 6.51. The average Bonchev–Trinajstić information content (AvgIpc) is 2.75. The molecular weight excluding hydrogens is 270 g/mol. The first kappa shape index (κ1) is 15.3. The Hall–Kier alpha value is -1.57. The summed E-state index contributed by atoms with van der Waals surface area (Å²) in [6.07, 6.45) is 7.83. The van der Waals surface area contributed by atoms with Crippen LogP contribution in [-0.4, -0.2) is 12.5 Å². The van der Waals surface area contributed by atoms with Crippen molar-refractivity contribution >= 4 is 17.2 Å².